The van der Waals surface area contributed by atoms with Crippen LogP contribution >= 0.6 is 0 Å². The number of hydrogen-bond acceptors (Lipinski definition) is 5. The van der Waals surface area contributed by atoms with Crippen molar-refractivity contribution in [3.63, 3.8) is 0 Å². The molecule has 2 aliphatic heterocycles. The number of pyridine rings is 1. The number of carbonyl (C=O) groups is 2. The number of likely N-dealkylation sites (tertiary alicyclic amines) is 2. The fourth-order valence-corrected chi connectivity index (χ4v) is 4.19. The molecule has 2 N–H and O–H groups in total. The summed E-state index contributed by atoms with van der Waals surface area (Å²) in [4.78, 5) is 60.8. The molecule has 4 heterocycles. The predicted octanol–water partition coefficient (Wildman–Crippen LogP) is 0.113. The molecule has 28 heavy (non-hydrogen) atoms. The van der Waals surface area contributed by atoms with Crippen molar-refractivity contribution in [1.29, 1.82) is 0 Å². The zero-order valence-corrected chi connectivity index (χ0v) is 15.3. The largest absolute Gasteiger partial charge is 0.338 e. The molecule has 0 aliphatic carbocycles. The lowest BCUT2D eigenvalue weighted by Gasteiger charge is -2.39. The summed E-state index contributed by atoms with van der Waals surface area (Å²) >= 11 is 0. The van der Waals surface area contributed by atoms with Gasteiger partial charge in [0.1, 0.15) is 5.69 Å². The minimum atomic E-state index is -0.721. The van der Waals surface area contributed by atoms with E-state index in [0.29, 0.717) is 32.6 Å². The van der Waals surface area contributed by atoms with E-state index in [-0.39, 0.29) is 11.6 Å². The SMILES string of the molecule is O=C(c1cc(=O)[nH]c(=O)[nH]1)N1CCC2(CCCN(Cc3cccnc3)C2=O)C1. The fourth-order valence-electron chi connectivity index (χ4n) is 4.19. The van der Waals surface area contributed by atoms with Gasteiger partial charge in [-0.25, -0.2) is 4.79 Å². The summed E-state index contributed by atoms with van der Waals surface area (Å²) in [5, 5.41) is 0. The lowest BCUT2D eigenvalue weighted by Crippen LogP contribution is -2.50. The number of aromatic nitrogens is 3. The van der Waals surface area contributed by atoms with Crippen LogP contribution in [0.25, 0.3) is 0 Å². The molecular weight excluding hydrogens is 362 g/mol. The molecular formula is C19H21N5O4. The van der Waals surface area contributed by atoms with E-state index in [9.17, 15) is 19.2 Å². The van der Waals surface area contributed by atoms with E-state index in [1.54, 1.807) is 17.3 Å². The molecule has 1 unspecified atom stereocenters. The van der Waals surface area contributed by atoms with Gasteiger partial charge in [0.2, 0.25) is 5.91 Å². The number of rotatable bonds is 3. The molecule has 0 radical (unpaired) electrons. The first kappa shape index (κ1) is 18.1. The number of hydrogen-bond donors (Lipinski definition) is 2. The molecule has 0 bridgehead atoms. The van der Waals surface area contributed by atoms with Crippen LogP contribution in [-0.4, -0.2) is 56.2 Å². The monoisotopic (exact) mass is 383 g/mol. The smallest absolute Gasteiger partial charge is 0.326 e. The van der Waals surface area contributed by atoms with Crippen molar-refractivity contribution < 1.29 is 9.59 Å². The van der Waals surface area contributed by atoms with E-state index in [0.717, 1.165) is 24.5 Å². The van der Waals surface area contributed by atoms with Gasteiger partial charge in [0.25, 0.3) is 11.5 Å². The third-order valence-corrected chi connectivity index (χ3v) is 5.55. The number of aromatic amines is 2. The second-order valence-electron chi connectivity index (χ2n) is 7.45. The van der Waals surface area contributed by atoms with Crippen LogP contribution in [0.15, 0.2) is 40.2 Å². The Balaban J connectivity index is 1.51. The molecule has 9 heteroatoms. The van der Waals surface area contributed by atoms with Crippen LogP contribution in [0, 0.1) is 5.41 Å². The van der Waals surface area contributed by atoms with Crippen LogP contribution in [0.5, 0.6) is 0 Å². The summed E-state index contributed by atoms with van der Waals surface area (Å²) in [6.07, 6.45) is 5.63. The van der Waals surface area contributed by atoms with Gasteiger partial charge >= 0.3 is 5.69 Å². The highest BCUT2D eigenvalue weighted by molar-refractivity contribution is 5.93. The summed E-state index contributed by atoms with van der Waals surface area (Å²) < 4.78 is 0. The maximum atomic E-state index is 13.2. The Kier molecular flexibility index (Phi) is 4.58. The molecule has 2 aromatic rings. The van der Waals surface area contributed by atoms with Crippen LogP contribution in [0.1, 0.15) is 35.3 Å². The van der Waals surface area contributed by atoms with Gasteiger partial charge in [-0.2, -0.15) is 0 Å². The summed E-state index contributed by atoms with van der Waals surface area (Å²) in [5.41, 5.74) is -1.03. The Labute approximate surface area is 160 Å². The summed E-state index contributed by atoms with van der Waals surface area (Å²) in [6.45, 7) is 1.90. The molecule has 1 spiro atoms. The third-order valence-electron chi connectivity index (χ3n) is 5.55. The molecule has 9 nitrogen and oxygen atoms in total. The number of piperidine rings is 1. The van der Waals surface area contributed by atoms with Crippen molar-refractivity contribution in [3.8, 4) is 0 Å². The molecule has 1 atom stereocenters. The molecule has 4 rings (SSSR count). The van der Waals surface area contributed by atoms with Crippen LogP contribution in [0.4, 0.5) is 0 Å². The normalized spacial score (nSPS) is 22.1. The van der Waals surface area contributed by atoms with Gasteiger partial charge in [0, 0.05) is 44.6 Å². The Bertz CT molecular complexity index is 986. The zero-order chi connectivity index (χ0) is 19.7. The van der Waals surface area contributed by atoms with E-state index < -0.39 is 22.6 Å². The molecule has 2 saturated heterocycles. The topological polar surface area (TPSA) is 119 Å². The second kappa shape index (κ2) is 7.06. The maximum Gasteiger partial charge on any atom is 0.326 e. The quantitative estimate of drug-likeness (QED) is 0.780. The zero-order valence-electron chi connectivity index (χ0n) is 15.3. The maximum absolute atomic E-state index is 13.2. The first-order valence-corrected chi connectivity index (χ1v) is 9.28. The van der Waals surface area contributed by atoms with Gasteiger partial charge in [-0.05, 0) is 30.9 Å². The predicted molar refractivity (Wildman–Crippen MR) is 99.5 cm³/mol. The summed E-state index contributed by atoms with van der Waals surface area (Å²) in [6, 6.07) is 4.86. The first-order chi connectivity index (χ1) is 13.5. The van der Waals surface area contributed by atoms with Gasteiger partial charge < -0.3 is 14.8 Å². The standard InChI is InChI=1S/C19H21N5O4/c25-15-9-14(21-18(28)22-15)16(26)24-8-5-19(12-24)4-2-7-23(17(19)27)11-13-3-1-6-20-10-13/h1,3,6,9-10H,2,4-5,7-8,11-12H2,(H2,21,22,25,28). The van der Waals surface area contributed by atoms with Crippen molar-refractivity contribution in [3.05, 3.63) is 62.7 Å². The Hall–Kier alpha value is -3.23. The molecule has 0 aromatic carbocycles. The number of nitrogens with zero attached hydrogens (tertiary/aromatic N) is 3. The highest BCUT2D eigenvalue weighted by atomic mass is 16.2. The Morgan fingerprint density at radius 3 is 2.79 bits per heavy atom. The molecule has 146 valence electrons. The van der Waals surface area contributed by atoms with Crippen LogP contribution in [0.3, 0.4) is 0 Å². The number of nitrogens with one attached hydrogen (secondary N) is 2. The number of carbonyl (C=O) groups excluding carboxylic acids is 2. The molecule has 2 aliphatic rings. The molecule has 0 saturated carbocycles. The fraction of sp³-hybridized carbons (Fsp3) is 0.421. The van der Waals surface area contributed by atoms with Gasteiger partial charge in [-0.1, -0.05) is 6.07 Å². The Morgan fingerprint density at radius 2 is 2.04 bits per heavy atom. The average Bonchev–Trinajstić information content (AvgIpc) is 3.10. The number of H-pyrrole nitrogens is 2. The van der Waals surface area contributed by atoms with Crippen molar-refractivity contribution >= 4 is 11.8 Å². The molecule has 2 amide bonds. The average molecular weight is 383 g/mol. The highest BCUT2D eigenvalue weighted by Gasteiger charge is 2.49. The van der Waals surface area contributed by atoms with E-state index in [4.69, 9.17) is 0 Å². The van der Waals surface area contributed by atoms with Gasteiger partial charge in [-0.15, -0.1) is 0 Å². The van der Waals surface area contributed by atoms with Crippen LogP contribution in [-0.2, 0) is 11.3 Å². The second-order valence-corrected chi connectivity index (χ2v) is 7.45. The summed E-state index contributed by atoms with van der Waals surface area (Å²) in [5.74, 6) is -0.380. The third kappa shape index (κ3) is 3.35. The van der Waals surface area contributed by atoms with Gasteiger partial charge in [-0.3, -0.25) is 24.4 Å². The van der Waals surface area contributed by atoms with E-state index in [1.807, 2.05) is 22.0 Å². The lowest BCUT2D eigenvalue weighted by molar-refractivity contribution is -0.146. The van der Waals surface area contributed by atoms with Crippen molar-refractivity contribution in [2.45, 2.75) is 25.8 Å². The van der Waals surface area contributed by atoms with Gasteiger partial charge in [0.05, 0.1) is 5.41 Å². The van der Waals surface area contributed by atoms with Crippen LogP contribution in [0.2, 0.25) is 0 Å². The first-order valence-electron chi connectivity index (χ1n) is 9.28. The van der Waals surface area contributed by atoms with E-state index >= 15 is 0 Å². The lowest BCUT2D eigenvalue weighted by atomic mass is 9.78. The van der Waals surface area contributed by atoms with E-state index in [2.05, 4.69) is 9.97 Å². The summed E-state index contributed by atoms with van der Waals surface area (Å²) in [7, 11) is 0. The van der Waals surface area contributed by atoms with Crippen LogP contribution < -0.4 is 11.2 Å². The minimum absolute atomic E-state index is 0.0531. The highest BCUT2D eigenvalue weighted by Crippen LogP contribution is 2.40. The van der Waals surface area contributed by atoms with Gasteiger partial charge in [0.15, 0.2) is 0 Å². The number of amides is 2. The van der Waals surface area contributed by atoms with Crippen molar-refractivity contribution in [2.24, 2.45) is 5.41 Å². The minimum Gasteiger partial charge on any atom is -0.338 e. The molecule has 2 fully saturated rings. The van der Waals surface area contributed by atoms with Crippen molar-refractivity contribution in [2.75, 3.05) is 19.6 Å². The molecule has 2 aromatic heterocycles. The van der Waals surface area contributed by atoms with Crippen molar-refractivity contribution in [1.82, 2.24) is 24.8 Å². The van der Waals surface area contributed by atoms with E-state index in [1.165, 1.54) is 0 Å². The Morgan fingerprint density at radius 1 is 1.18 bits per heavy atom.